The third-order valence-electron chi connectivity index (χ3n) is 7.72. The second kappa shape index (κ2) is 13.2. The summed E-state index contributed by atoms with van der Waals surface area (Å²) in [7, 11) is -3.90. The number of carbonyl (C=O) groups excluding carboxylic acids is 2. The molecule has 3 aliphatic rings. The summed E-state index contributed by atoms with van der Waals surface area (Å²) in [5, 5.41) is 3.04. The molecule has 5 rings (SSSR count). The van der Waals surface area contributed by atoms with Gasteiger partial charge in [-0.1, -0.05) is 22.0 Å². The third-order valence-corrected chi connectivity index (χ3v) is 10.1. The van der Waals surface area contributed by atoms with Gasteiger partial charge in [0.25, 0.3) is 0 Å². The predicted molar refractivity (Wildman–Crippen MR) is 165 cm³/mol. The van der Waals surface area contributed by atoms with Gasteiger partial charge in [0.05, 0.1) is 23.6 Å². The van der Waals surface area contributed by atoms with Crippen molar-refractivity contribution < 1.29 is 27.5 Å². The summed E-state index contributed by atoms with van der Waals surface area (Å²) in [6.07, 6.45) is 4.06. The molecule has 4 heterocycles. The van der Waals surface area contributed by atoms with Crippen molar-refractivity contribution in [2.45, 2.75) is 32.2 Å². The number of amides is 2. The number of anilines is 1. The summed E-state index contributed by atoms with van der Waals surface area (Å²) in [5.74, 6) is 0.294. The fourth-order valence-corrected chi connectivity index (χ4v) is 7.24. The van der Waals surface area contributed by atoms with E-state index < -0.39 is 21.7 Å². The van der Waals surface area contributed by atoms with Crippen molar-refractivity contribution in [3.05, 3.63) is 57.2 Å². The quantitative estimate of drug-likeness (QED) is 0.470. The van der Waals surface area contributed by atoms with Gasteiger partial charge in [0.1, 0.15) is 12.4 Å². The van der Waals surface area contributed by atoms with Gasteiger partial charge in [0.2, 0.25) is 15.9 Å². The molecular weight excluding hydrogens is 650 g/mol. The van der Waals surface area contributed by atoms with Gasteiger partial charge in [-0.15, -0.1) is 12.4 Å². The molecule has 0 atom stereocenters. The monoisotopic (exact) mass is 683 g/mol. The molecule has 0 aliphatic carbocycles. The number of hydrogen-bond donors (Lipinski definition) is 1. The lowest BCUT2D eigenvalue weighted by atomic mass is 9.86. The number of nitrogens with one attached hydrogen (secondary N) is 1. The molecule has 228 valence electrons. The van der Waals surface area contributed by atoms with Crippen molar-refractivity contribution in [2.24, 2.45) is 0 Å². The molecule has 2 aromatic rings. The minimum Gasteiger partial charge on any atom is -0.487 e. The molecule has 0 radical (unpaired) electrons. The van der Waals surface area contributed by atoms with Crippen molar-refractivity contribution in [1.82, 2.24) is 19.5 Å². The number of rotatable bonds is 7. The second-order valence-electron chi connectivity index (χ2n) is 10.5. The van der Waals surface area contributed by atoms with Crippen LogP contribution in [0, 0.1) is 6.92 Å². The molecule has 0 saturated carbocycles. The third kappa shape index (κ3) is 7.01. The Labute approximate surface area is 260 Å². The molecule has 2 amide bonds. The Kier molecular flexibility index (Phi) is 10.1. The molecule has 3 aliphatic heterocycles. The normalized spacial score (nSPS) is 18.7. The van der Waals surface area contributed by atoms with E-state index in [9.17, 15) is 18.0 Å². The Hall–Kier alpha value is -2.87. The van der Waals surface area contributed by atoms with E-state index in [1.54, 1.807) is 36.2 Å². The van der Waals surface area contributed by atoms with Gasteiger partial charge >= 0.3 is 6.09 Å². The van der Waals surface area contributed by atoms with Crippen LogP contribution in [0.5, 0.6) is 5.75 Å². The predicted octanol–water partition coefficient (Wildman–Crippen LogP) is 3.57. The van der Waals surface area contributed by atoms with Gasteiger partial charge in [-0.3, -0.25) is 9.78 Å². The number of hydrogen-bond acceptors (Lipinski definition) is 8. The molecule has 2 fully saturated rings. The van der Waals surface area contributed by atoms with Gasteiger partial charge in [-0.05, 0) is 57.0 Å². The highest BCUT2D eigenvalue weighted by Gasteiger charge is 2.42. The van der Waals surface area contributed by atoms with Crippen LogP contribution in [0.1, 0.15) is 31.0 Å². The van der Waals surface area contributed by atoms with Gasteiger partial charge in [0.15, 0.2) is 0 Å². The second-order valence-corrected chi connectivity index (χ2v) is 13.4. The molecule has 0 spiro atoms. The summed E-state index contributed by atoms with van der Waals surface area (Å²) in [6, 6.07) is 9.39. The van der Waals surface area contributed by atoms with Gasteiger partial charge in [-0.2, -0.15) is 4.31 Å². The van der Waals surface area contributed by atoms with Crippen LogP contribution in [0.3, 0.4) is 0 Å². The van der Waals surface area contributed by atoms with E-state index >= 15 is 0 Å². The number of piperazine rings is 1. The summed E-state index contributed by atoms with van der Waals surface area (Å²) < 4.78 is 39.8. The number of benzene rings is 1. The summed E-state index contributed by atoms with van der Waals surface area (Å²) in [6.45, 7) is 5.54. The van der Waals surface area contributed by atoms with Gasteiger partial charge in [0, 0.05) is 60.3 Å². The van der Waals surface area contributed by atoms with Crippen LogP contribution < -0.4 is 15.0 Å². The topological polar surface area (TPSA) is 121 Å². The number of piperidine rings is 1. The number of carbonyl (C=O) groups is 2. The van der Waals surface area contributed by atoms with Crippen LogP contribution in [-0.4, -0.2) is 92.6 Å². The van der Waals surface area contributed by atoms with E-state index in [4.69, 9.17) is 9.47 Å². The lowest BCUT2D eigenvalue weighted by Crippen LogP contribution is -2.64. The van der Waals surface area contributed by atoms with Crippen molar-refractivity contribution in [3.8, 4) is 5.75 Å². The van der Waals surface area contributed by atoms with E-state index in [0.29, 0.717) is 37.2 Å². The zero-order valence-corrected chi connectivity index (χ0v) is 26.8. The number of nitrogens with zero attached hydrogens (tertiary/aromatic N) is 4. The molecular formula is C28H35BrClN5O6S. The first-order valence-corrected chi connectivity index (χ1v) is 15.9. The fraction of sp³-hybridized carbons (Fsp3) is 0.464. The largest absolute Gasteiger partial charge is 0.487 e. The van der Waals surface area contributed by atoms with Crippen LogP contribution in [0.4, 0.5) is 10.5 Å². The molecule has 42 heavy (non-hydrogen) atoms. The molecule has 11 nitrogen and oxygen atoms in total. The maximum atomic E-state index is 13.4. The lowest BCUT2D eigenvalue weighted by molar-refractivity contribution is -0.135. The molecule has 0 bridgehead atoms. The fourth-order valence-electron chi connectivity index (χ4n) is 5.48. The minimum absolute atomic E-state index is 0. The first-order chi connectivity index (χ1) is 19.6. The van der Waals surface area contributed by atoms with Gasteiger partial charge < -0.3 is 24.6 Å². The Balaban J connectivity index is 0.00000405. The zero-order chi connectivity index (χ0) is 29.2. The zero-order valence-electron chi connectivity index (χ0n) is 23.5. The lowest BCUT2D eigenvalue weighted by Gasteiger charge is -2.46. The number of alkyl carbamates (subject to hydrolysis) is 1. The summed E-state index contributed by atoms with van der Waals surface area (Å²) in [5.41, 5.74) is 1.96. The molecule has 2 saturated heterocycles. The molecule has 14 heteroatoms. The Morgan fingerprint density at radius 2 is 1.93 bits per heavy atom. The number of fused-ring (bicyclic) bond motifs is 1. The summed E-state index contributed by atoms with van der Waals surface area (Å²) in [4.78, 5) is 34.1. The van der Waals surface area contributed by atoms with Crippen molar-refractivity contribution in [3.63, 3.8) is 0 Å². The average molecular weight is 685 g/mol. The standard InChI is InChI=1S/C28H34BrN5O6S.ClH/c1-3-39-27(36)31-28(7-10-32(11-8-28)23-6-9-30-20(2)14-23)19-33-12-13-34(17-26(33)35)41(37,38)24-15-21-4-5-22(29)16-25(21)40-18-24;/h4-6,9,14-16H,3,7-8,10-13,17-19H2,1-2H3,(H,31,36);1H. The SMILES string of the molecule is CCOC(=O)NC1(CN2CCN(S(=O)(=O)C3=Cc4ccc(Br)cc4OC3)CC2=O)CCN(c2ccnc(C)c2)CC1.Cl. The Morgan fingerprint density at radius 1 is 1.17 bits per heavy atom. The summed E-state index contributed by atoms with van der Waals surface area (Å²) >= 11 is 3.39. The minimum atomic E-state index is -3.90. The van der Waals surface area contributed by atoms with Crippen LogP contribution in [0.25, 0.3) is 6.08 Å². The van der Waals surface area contributed by atoms with E-state index in [2.05, 4.69) is 31.1 Å². The number of pyridine rings is 1. The van der Waals surface area contributed by atoms with E-state index in [0.717, 1.165) is 15.9 Å². The Bertz CT molecular complexity index is 1460. The number of aromatic nitrogens is 1. The highest BCUT2D eigenvalue weighted by atomic mass is 79.9. The highest BCUT2D eigenvalue weighted by Crippen LogP contribution is 2.33. The van der Waals surface area contributed by atoms with Crippen LogP contribution in [0.15, 0.2) is 45.9 Å². The first-order valence-electron chi connectivity index (χ1n) is 13.6. The molecule has 1 aromatic carbocycles. The van der Waals surface area contributed by atoms with Gasteiger partial charge in [-0.25, -0.2) is 13.2 Å². The van der Waals surface area contributed by atoms with E-state index in [1.807, 2.05) is 25.1 Å². The average Bonchev–Trinajstić information content (AvgIpc) is 2.94. The van der Waals surface area contributed by atoms with Crippen LogP contribution in [0.2, 0.25) is 0 Å². The van der Waals surface area contributed by atoms with Crippen molar-refractivity contribution in [2.75, 3.05) is 57.4 Å². The van der Waals surface area contributed by atoms with Crippen molar-refractivity contribution in [1.29, 1.82) is 0 Å². The maximum Gasteiger partial charge on any atom is 0.407 e. The Morgan fingerprint density at radius 3 is 2.62 bits per heavy atom. The van der Waals surface area contributed by atoms with Crippen LogP contribution in [-0.2, 0) is 19.6 Å². The number of ether oxygens (including phenoxy) is 2. The molecule has 1 aromatic heterocycles. The van der Waals surface area contributed by atoms with Crippen LogP contribution >= 0.6 is 28.3 Å². The first kappa shape index (κ1) is 32.1. The van der Waals surface area contributed by atoms with E-state index in [1.165, 1.54) is 4.31 Å². The number of sulfonamides is 1. The van der Waals surface area contributed by atoms with Crippen molar-refractivity contribution >= 4 is 62.1 Å². The number of halogens is 2. The molecule has 0 unspecified atom stereocenters. The number of aryl methyl sites for hydroxylation is 1. The maximum absolute atomic E-state index is 13.4. The van der Waals surface area contributed by atoms with E-state index in [-0.39, 0.29) is 62.6 Å². The smallest absolute Gasteiger partial charge is 0.407 e. The molecule has 1 N–H and O–H groups in total. The highest BCUT2D eigenvalue weighted by molar-refractivity contribution is 9.10.